The number of carbonyl (C=O) groups excluding carboxylic acids is 1. The van der Waals surface area contributed by atoms with E-state index in [1.807, 2.05) is 24.4 Å². The molecule has 18 heavy (non-hydrogen) atoms. The summed E-state index contributed by atoms with van der Waals surface area (Å²) in [7, 11) is 0. The van der Waals surface area contributed by atoms with Crippen LogP contribution >= 0.6 is 22.7 Å². The average molecular weight is 280 g/mol. The molecule has 0 bridgehead atoms. The Morgan fingerprint density at radius 3 is 2.94 bits per heavy atom. The Morgan fingerprint density at radius 2 is 2.33 bits per heavy atom. The molecular weight excluding hydrogens is 268 g/mol. The molecule has 0 saturated carbocycles. The van der Waals surface area contributed by atoms with Gasteiger partial charge in [0.15, 0.2) is 0 Å². The van der Waals surface area contributed by atoms with Crippen molar-refractivity contribution in [1.29, 1.82) is 0 Å². The zero-order chi connectivity index (χ0) is 12.7. The maximum Gasteiger partial charge on any atom is 0.266 e. The molecule has 1 N–H and O–H groups in total. The van der Waals surface area contributed by atoms with Crippen LogP contribution in [0.5, 0.6) is 0 Å². The number of aromatic nitrogens is 1. The smallest absolute Gasteiger partial charge is 0.266 e. The van der Waals surface area contributed by atoms with Crippen molar-refractivity contribution in [3.05, 3.63) is 28.1 Å². The van der Waals surface area contributed by atoms with Crippen molar-refractivity contribution in [2.24, 2.45) is 0 Å². The Kier molecular flexibility index (Phi) is 2.93. The number of nitrogens with zero attached hydrogens (tertiary/aromatic N) is 2. The Morgan fingerprint density at radius 1 is 1.56 bits per heavy atom. The number of aliphatic hydroxyl groups is 1. The maximum atomic E-state index is 12.2. The summed E-state index contributed by atoms with van der Waals surface area (Å²) in [6, 6.07) is 3.98. The van der Waals surface area contributed by atoms with Crippen LogP contribution in [0.15, 0.2) is 17.5 Å². The third-order valence-corrected chi connectivity index (χ3v) is 5.06. The van der Waals surface area contributed by atoms with Crippen molar-refractivity contribution < 1.29 is 9.90 Å². The summed E-state index contributed by atoms with van der Waals surface area (Å²) < 4.78 is 0. The number of aryl methyl sites for hydroxylation is 1. The van der Waals surface area contributed by atoms with Crippen molar-refractivity contribution in [3.8, 4) is 9.88 Å². The van der Waals surface area contributed by atoms with Crippen LogP contribution in [-0.2, 0) is 0 Å². The molecule has 6 heteroatoms. The van der Waals surface area contributed by atoms with Gasteiger partial charge in [0.25, 0.3) is 5.91 Å². The predicted molar refractivity (Wildman–Crippen MR) is 72.1 cm³/mol. The van der Waals surface area contributed by atoms with Crippen molar-refractivity contribution in [2.45, 2.75) is 13.0 Å². The lowest BCUT2D eigenvalue weighted by Crippen LogP contribution is -2.53. The van der Waals surface area contributed by atoms with Crippen molar-refractivity contribution in [3.63, 3.8) is 0 Å². The molecule has 0 unspecified atom stereocenters. The molecule has 0 radical (unpaired) electrons. The van der Waals surface area contributed by atoms with E-state index < -0.39 is 0 Å². The van der Waals surface area contributed by atoms with Crippen molar-refractivity contribution >= 4 is 28.6 Å². The summed E-state index contributed by atoms with van der Waals surface area (Å²) in [6.07, 6.45) is -0.362. The van der Waals surface area contributed by atoms with Gasteiger partial charge in [-0.1, -0.05) is 6.07 Å². The Bertz CT molecular complexity index is 571. The number of β-amino-alcohol motifs (C(OH)–C–C–N with tert-alkyl or cyclic N) is 1. The Labute approximate surface area is 113 Å². The molecule has 1 fully saturated rings. The van der Waals surface area contributed by atoms with Crippen LogP contribution in [0.1, 0.15) is 15.4 Å². The lowest BCUT2D eigenvalue weighted by atomic mass is 10.1. The minimum absolute atomic E-state index is 0.0156. The van der Waals surface area contributed by atoms with E-state index in [1.54, 1.807) is 16.2 Å². The standard InChI is InChI=1S/C12H12N2O2S2/c1-7-10(12(16)14-5-8(15)6-14)18-11(13-7)9-3-2-4-17-9/h2-4,8,15H,5-6H2,1H3. The molecule has 1 amide bonds. The molecule has 94 valence electrons. The van der Waals surface area contributed by atoms with Crippen LogP contribution in [0, 0.1) is 6.92 Å². The number of likely N-dealkylation sites (tertiary alicyclic amines) is 1. The summed E-state index contributed by atoms with van der Waals surface area (Å²) in [6.45, 7) is 2.73. The number of aliphatic hydroxyl groups excluding tert-OH is 1. The molecule has 1 saturated heterocycles. The van der Waals surface area contributed by atoms with Crippen LogP contribution in [-0.4, -0.2) is 40.1 Å². The van der Waals surface area contributed by atoms with Gasteiger partial charge in [0, 0.05) is 13.1 Å². The largest absolute Gasteiger partial charge is 0.389 e. The molecule has 0 aliphatic carbocycles. The first-order valence-corrected chi connectivity index (χ1v) is 7.33. The third-order valence-electron chi connectivity index (χ3n) is 2.87. The van der Waals surface area contributed by atoms with E-state index in [0.29, 0.717) is 18.0 Å². The number of thiophene rings is 1. The second-order valence-corrected chi connectivity index (χ2v) is 6.22. The van der Waals surface area contributed by atoms with Gasteiger partial charge < -0.3 is 10.0 Å². The molecule has 0 aromatic carbocycles. The highest BCUT2D eigenvalue weighted by molar-refractivity contribution is 7.22. The fourth-order valence-electron chi connectivity index (χ4n) is 1.87. The van der Waals surface area contributed by atoms with Gasteiger partial charge in [0.05, 0.1) is 16.7 Å². The molecule has 4 nitrogen and oxygen atoms in total. The third kappa shape index (κ3) is 1.96. The van der Waals surface area contributed by atoms with Gasteiger partial charge >= 0.3 is 0 Å². The Hall–Kier alpha value is -1.24. The molecule has 2 aromatic rings. The minimum Gasteiger partial charge on any atom is -0.389 e. The van der Waals surface area contributed by atoms with Gasteiger partial charge in [-0.05, 0) is 18.4 Å². The average Bonchev–Trinajstić information content (AvgIpc) is 2.92. The molecule has 2 aromatic heterocycles. The van der Waals surface area contributed by atoms with Crippen LogP contribution in [0.2, 0.25) is 0 Å². The van der Waals surface area contributed by atoms with Gasteiger partial charge in [-0.3, -0.25) is 4.79 Å². The van der Waals surface area contributed by atoms with E-state index >= 15 is 0 Å². The fraction of sp³-hybridized carbons (Fsp3) is 0.333. The second kappa shape index (κ2) is 4.46. The number of carbonyl (C=O) groups is 1. The van der Waals surface area contributed by atoms with Gasteiger partial charge in [0.1, 0.15) is 9.88 Å². The number of hydrogen-bond acceptors (Lipinski definition) is 5. The zero-order valence-corrected chi connectivity index (χ0v) is 11.4. The minimum atomic E-state index is -0.362. The fourth-order valence-corrected chi connectivity index (χ4v) is 3.70. The van der Waals surface area contributed by atoms with Gasteiger partial charge in [-0.25, -0.2) is 4.98 Å². The molecule has 3 rings (SSSR count). The van der Waals surface area contributed by atoms with Gasteiger partial charge in [-0.2, -0.15) is 0 Å². The SMILES string of the molecule is Cc1nc(-c2cccs2)sc1C(=O)N1CC(O)C1. The second-order valence-electron chi connectivity index (χ2n) is 4.27. The number of amides is 1. The first-order valence-electron chi connectivity index (χ1n) is 5.64. The van der Waals surface area contributed by atoms with E-state index in [0.717, 1.165) is 15.6 Å². The van der Waals surface area contributed by atoms with Gasteiger partial charge in [-0.15, -0.1) is 22.7 Å². The van der Waals surface area contributed by atoms with Gasteiger partial charge in [0.2, 0.25) is 0 Å². The normalized spacial score (nSPS) is 15.8. The predicted octanol–water partition coefficient (Wildman–Crippen LogP) is 2.00. The lowest BCUT2D eigenvalue weighted by Gasteiger charge is -2.35. The van der Waals surface area contributed by atoms with E-state index in [4.69, 9.17) is 0 Å². The van der Waals surface area contributed by atoms with Crippen LogP contribution in [0.4, 0.5) is 0 Å². The quantitative estimate of drug-likeness (QED) is 0.915. The van der Waals surface area contributed by atoms with Crippen LogP contribution < -0.4 is 0 Å². The molecule has 3 heterocycles. The highest BCUT2D eigenvalue weighted by Gasteiger charge is 2.31. The molecule has 1 aliphatic rings. The number of thiazole rings is 1. The summed E-state index contributed by atoms with van der Waals surface area (Å²) in [5.74, 6) is -0.0156. The van der Waals surface area contributed by atoms with E-state index in [1.165, 1.54) is 11.3 Å². The zero-order valence-electron chi connectivity index (χ0n) is 9.79. The summed E-state index contributed by atoms with van der Waals surface area (Å²) >= 11 is 3.05. The summed E-state index contributed by atoms with van der Waals surface area (Å²) in [5, 5.41) is 12.1. The van der Waals surface area contributed by atoms with E-state index in [2.05, 4.69) is 4.98 Å². The summed E-state index contributed by atoms with van der Waals surface area (Å²) in [4.78, 5) is 20.0. The topological polar surface area (TPSA) is 53.4 Å². The first kappa shape index (κ1) is 11.8. The number of rotatable bonds is 2. The molecule has 1 aliphatic heterocycles. The monoisotopic (exact) mass is 280 g/mol. The highest BCUT2D eigenvalue weighted by Crippen LogP contribution is 2.32. The van der Waals surface area contributed by atoms with Crippen LogP contribution in [0.25, 0.3) is 9.88 Å². The van der Waals surface area contributed by atoms with Crippen LogP contribution in [0.3, 0.4) is 0 Å². The van der Waals surface area contributed by atoms with Crippen molar-refractivity contribution in [1.82, 2.24) is 9.88 Å². The lowest BCUT2D eigenvalue weighted by molar-refractivity contribution is 0.00616. The van der Waals surface area contributed by atoms with Crippen molar-refractivity contribution in [2.75, 3.05) is 13.1 Å². The number of hydrogen-bond donors (Lipinski definition) is 1. The maximum absolute atomic E-state index is 12.2. The highest BCUT2D eigenvalue weighted by atomic mass is 32.1. The first-order chi connectivity index (χ1) is 8.65. The molecule has 0 spiro atoms. The van der Waals surface area contributed by atoms with E-state index in [-0.39, 0.29) is 12.0 Å². The summed E-state index contributed by atoms with van der Waals surface area (Å²) in [5.41, 5.74) is 0.773. The van der Waals surface area contributed by atoms with E-state index in [9.17, 15) is 9.90 Å². The molecular formula is C12H12N2O2S2. The Balaban J connectivity index is 1.87. The molecule has 0 atom stereocenters.